The Kier molecular flexibility index (Phi) is 5.47. The summed E-state index contributed by atoms with van der Waals surface area (Å²) in [6, 6.07) is 11.3. The van der Waals surface area contributed by atoms with Crippen molar-refractivity contribution in [2.45, 2.75) is 33.1 Å². The number of carbonyl (C=O) groups is 2. The molecule has 3 rings (SSSR count). The minimum atomic E-state index is -0.949. The normalized spacial score (nSPS) is 13.4. The van der Waals surface area contributed by atoms with Gasteiger partial charge in [0.05, 0.1) is 11.4 Å². The number of carboxylic acid groups (broad SMARTS) is 1. The van der Waals surface area contributed by atoms with Crippen molar-refractivity contribution in [2.24, 2.45) is 5.92 Å². The smallest absolute Gasteiger partial charge is 0.311 e. The van der Waals surface area contributed by atoms with E-state index >= 15 is 0 Å². The SMILES string of the molecule is CCC(C)[C@@H](C(=O)O)c1c(C)n(C(=O)c2cccc(Cl)c2)c2ccc(O)cc12. The molecule has 0 spiro atoms. The van der Waals surface area contributed by atoms with E-state index in [9.17, 15) is 19.8 Å². The van der Waals surface area contributed by atoms with Crippen LogP contribution in [0, 0.1) is 12.8 Å². The van der Waals surface area contributed by atoms with Gasteiger partial charge in [0, 0.05) is 21.7 Å². The minimum absolute atomic E-state index is 0.0226. The van der Waals surface area contributed by atoms with E-state index in [0.717, 1.165) is 0 Å². The molecule has 1 aromatic heterocycles. The van der Waals surface area contributed by atoms with Gasteiger partial charge < -0.3 is 10.2 Å². The Labute approximate surface area is 168 Å². The molecular formula is C22H22ClNO4. The third-order valence-corrected chi connectivity index (χ3v) is 5.54. The lowest BCUT2D eigenvalue weighted by atomic mass is 9.84. The third-order valence-electron chi connectivity index (χ3n) is 5.30. The number of carbonyl (C=O) groups excluding carboxylic acids is 1. The van der Waals surface area contributed by atoms with Crippen LogP contribution >= 0.6 is 11.6 Å². The second-order valence-electron chi connectivity index (χ2n) is 7.05. The highest BCUT2D eigenvalue weighted by Gasteiger charge is 2.32. The Morgan fingerprint density at radius 3 is 2.50 bits per heavy atom. The highest BCUT2D eigenvalue weighted by atomic mass is 35.5. The molecule has 0 aliphatic heterocycles. The topological polar surface area (TPSA) is 79.5 Å². The van der Waals surface area contributed by atoms with Gasteiger partial charge in [-0.3, -0.25) is 14.2 Å². The molecule has 0 radical (unpaired) electrons. The van der Waals surface area contributed by atoms with Crippen molar-refractivity contribution in [3.8, 4) is 5.75 Å². The summed E-state index contributed by atoms with van der Waals surface area (Å²) in [5.41, 5.74) is 2.08. The lowest BCUT2D eigenvalue weighted by molar-refractivity contribution is -0.140. The number of benzene rings is 2. The molecule has 0 aliphatic rings. The number of aromatic nitrogens is 1. The molecular weight excluding hydrogens is 378 g/mol. The molecule has 1 unspecified atom stereocenters. The number of phenols is 1. The van der Waals surface area contributed by atoms with E-state index in [1.54, 1.807) is 37.3 Å². The zero-order valence-electron chi connectivity index (χ0n) is 15.9. The maximum atomic E-state index is 13.3. The number of phenolic OH excluding ortho intramolecular Hbond substituents is 1. The van der Waals surface area contributed by atoms with Crippen LogP contribution in [0.3, 0.4) is 0 Å². The minimum Gasteiger partial charge on any atom is -0.508 e. The van der Waals surface area contributed by atoms with Gasteiger partial charge in [0.25, 0.3) is 5.91 Å². The van der Waals surface area contributed by atoms with Gasteiger partial charge in [-0.2, -0.15) is 0 Å². The quantitative estimate of drug-likeness (QED) is 0.617. The Hall–Kier alpha value is -2.79. The predicted molar refractivity (Wildman–Crippen MR) is 109 cm³/mol. The van der Waals surface area contributed by atoms with E-state index in [-0.39, 0.29) is 17.6 Å². The molecule has 5 nitrogen and oxygen atoms in total. The maximum absolute atomic E-state index is 13.3. The summed E-state index contributed by atoms with van der Waals surface area (Å²) in [6.45, 7) is 5.56. The number of hydrogen-bond donors (Lipinski definition) is 2. The van der Waals surface area contributed by atoms with Gasteiger partial charge in [-0.15, -0.1) is 0 Å². The number of aliphatic carboxylic acids is 1. The van der Waals surface area contributed by atoms with Crippen LogP contribution in [0.15, 0.2) is 42.5 Å². The van der Waals surface area contributed by atoms with Crippen LogP contribution in [0.25, 0.3) is 10.9 Å². The highest BCUT2D eigenvalue weighted by Crippen LogP contribution is 2.38. The lowest BCUT2D eigenvalue weighted by Crippen LogP contribution is -2.21. The fourth-order valence-corrected chi connectivity index (χ4v) is 3.91. The largest absolute Gasteiger partial charge is 0.508 e. The number of aromatic hydroxyl groups is 1. The van der Waals surface area contributed by atoms with Crippen LogP contribution in [0.5, 0.6) is 5.75 Å². The van der Waals surface area contributed by atoms with Crippen LogP contribution in [0.1, 0.15) is 47.8 Å². The standard InChI is InChI=1S/C22H22ClNO4/c1-4-12(2)19(22(27)28)20-13(3)24(18-9-8-16(25)11-17(18)20)21(26)14-6-5-7-15(23)10-14/h5-12,19,25H,4H2,1-3H3,(H,27,28)/t12?,19-/m1/s1. The summed E-state index contributed by atoms with van der Waals surface area (Å²) in [4.78, 5) is 25.4. The fourth-order valence-electron chi connectivity index (χ4n) is 3.72. The van der Waals surface area contributed by atoms with E-state index in [1.165, 1.54) is 16.7 Å². The first kappa shape index (κ1) is 20.0. The van der Waals surface area contributed by atoms with Gasteiger partial charge >= 0.3 is 5.97 Å². The summed E-state index contributed by atoms with van der Waals surface area (Å²) in [5, 5.41) is 20.9. The van der Waals surface area contributed by atoms with Crippen molar-refractivity contribution in [1.82, 2.24) is 4.57 Å². The van der Waals surface area contributed by atoms with E-state index in [2.05, 4.69) is 0 Å². The summed E-state index contributed by atoms with van der Waals surface area (Å²) >= 11 is 6.04. The van der Waals surface area contributed by atoms with Crippen molar-refractivity contribution >= 4 is 34.4 Å². The first-order valence-corrected chi connectivity index (χ1v) is 9.51. The van der Waals surface area contributed by atoms with Crippen molar-refractivity contribution in [3.05, 3.63) is 64.3 Å². The highest BCUT2D eigenvalue weighted by molar-refractivity contribution is 6.31. The molecule has 6 heteroatoms. The van der Waals surface area contributed by atoms with E-state index in [1.807, 2.05) is 13.8 Å². The van der Waals surface area contributed by atoms with Gasteiger partial charge in [0.15, 0.2) is 0 Å². The summed E-state index contributed by atoms with van der Waals surface area (Å²) in [6.07, 6.45) is 0.671. The first-order chi connectivity index (χ1) is 13.3. The molecule has 146 valence electrons. The molecule has 0 aliphatic carbocycles. The fraction of sp³-hybridized carbons (Fsp3) is 0.273. The van der Waals surface area contributed by atoms with E-state index < -0.39 is 11.9 Å². The second kappa shape index (κ2) is 7.68. The van der Waals surface area contributed by atoms with E-state index in [4.69, 9.17) is 11.6 Å². The first-order valence-electron chi connectivity index (χ1n) is 9.13. The molecule has 0 saturated carbocycles. The molecule has 0 amide bonds. The predicted octanol–water partition coefficient (Wildman–Crippen LogP) is 5.21. The molecule has 1 heterocycles. The maximum Gasteiger partial charge on any atom is 0.311 e. The molecule has 0 fully saturated rings. The van der Waals surface area contributed by atoms with Gasteiger partial charge in [-0.25, -0.2) is 0 Å². The van der Waals surface area contributed by atoms with Gasteiger partial charge in [0.1, 0.15) is 5.75 Å². The monoisotopic (exact) mass is 399 g/mol. The van der Waals surface area contributed by atoms with Crippen LogP contribution in [-0.2, 0) is 4.79 Å². The van der Waals surface area contributed by atoms with Crippen LogP contribution in [0.4, 0.5) is 0 Å². The summed E-state index contributed by atoms with van der Waals surface area (Å²) in [5.74, 6) is -2.15. The molecule has 2 atom stereocenters. The van der Waals surface area contributed by atoms with Gasteiger partial charge in [-0.05, 0) is 54.8 Å². The Bertz CT molecular complexity index is 1070. The van der Waals surface area contributed by atoms with Crippen LogP contribution < -0.4 is 0 Å². The number of carboxylic acids is 1. The number of fused-ring (bicyclic) bond motifs is 1. The average molecular weight is 400 g/mol. The van der Waals surface area contributed by atoms with Crippen molar-refractivity contribution in [3.63, 3.8) is 0 Å². The van der Waals surface area contributed by atoms with Crippen LogP contribution in [0.2, 0.25) is 5.02 Å². The van der Waals surface area contributed by atoms with Crippen molar-refractivity contribution in [2.75, 3.05) is 0 Å². The van der Waals surface area contributed by atoms with Gasteiger partial charge in [-0.1, -0.05) is 37.9 Å². The molecule has 0 saturated heterocycles. The van der Waals surface area contributed by atoms with Gasteiger partial charge in [0.2, 0.25) is 0 Å². The molecule has 28 heavy (non-hydrogen) atoms. The summed E-state index contributed by atoms with van der Waals surface area (Å²) in [7, 11) is 0. The van der Waals surface area contributed by atoms with Crippen molar-refractivity contribution < 1.29 is 19.8 Å². The zero-order chi connectivity index (χ0) is 20.6. The lowest BCUT2D eigenvalue weighted by Gasteiger charge is -2.20. The Balaban J connectivity index is 2.32. The molecule has 2 aromatic carbocycles. The average Bonchev–Trinajstić information content (AvgIpc) is 2.92. The number of rotatable bonds is 5. The summed E-state index contributed by atoms with van der Waals surface area (Å²) < 4.78 is 1.51. The number of halogens is 1. The third kappa shape index (κ3) is 3.38. The Morgan fingerprint density at radius 1 is 1.18 bits per heavy atom. The van der Waals surface area contributed by atoms with Crippen LogP contribution in [-0.4, -0.2) is 26.7 Å². The molecule has 3 aromatic rings. The number of nitrogens with zero attached hydrogens (tertiary/aromatic N) is 1. The second-order valence-corrected chi connectivity index (χ2v) is 7.49. The number of hydrogen-bond acceptors (Lipinski definition) is 3. The zero-order valence-corrected chi connectivity index (χ0v) is 16.7. The molecule has 2 N–H and O–H groups in total. The Morgan fingerprint density at radius 2 is 1.89 bits per heavy atom. The van der Waals surface area contributed by atoms with E-state index in [0.29, 0.717) is 39.2 Å². The molecule has 0 bridgehead atoms. The van der Waals surface area contributed by atoms with Crippen molar-refractivity contribution in [1.29, 1.82) is 0 Å².